The van der Waals surface area contributed by atoms with Crippen LogP contribution in [0.4, 0.5) is 0 Å². The third-order valence-electron chi connectivity index (χ3n) is 7.95. The van der Waals surface area contributed by atoms with Gasteiger partial charge in [0.25, 0.3) is 0 Å². The molecule has 0 aliphatic heterocycles. The lowest BCUT2D eigenvalue weighted by Crippen LogP contribution is -2.08. The predicted octanol–water partition coefficient (Wildman–Crippen LogP) is 6.56. The maximum atomic E-state index is 10.8. The summed E-state index contributed by atoms with van der Waals surface area (Å²) in [6.07, 6.45) is 6.10. The van der Waals surface area contributed by atoms with Crippen molar-refractivity contribution in [1.82, 2.24) is 19.6 Å². The number of aromatic nitrogens is 4. The van der Waals surface area contributed by atoms with E-state index in [0.29, 0.717) is 23.9 Å². The summed E-state index contributed by atoms with van der Waals surface area (Å²) in [5.74, 6) is 1.03. The molecule has 2 heterocycles. The van der Waals surface area contributed by atoms with Crippen molar-refractivity contribution >= 4 is 10.9 Å². The Bertz CT molecular complexity index is 1700. The van der Waals surface area contributed by atoms with Crippen LogP contribution in [0.2, 0.25) is 0 Å². The normalized spacial score (nSPS) is 16.0. The fraction of sp³-hybridized carbons (Fsp3) is 0.281. The Labute approximate surface area is 221 Å². The van der Waals surface area contributed by atoms with Crippen LogP contribution in [0.3, 0.4) is 0 Å². The quantitative estimate of drug-likeness (QED) is 0.275. The minimum atomic E-state index is -0.630. The van der Waals surface area contributed by atoms with Gasteiger partial charge in [0, 0.05) is 28.4 Å². The van der Waals surface area contributed by atoms with E-state index in [1.54, 1.807) is 0 Å². The summed E-state index contributed by atoms with van der Waals surface area (Å²) in [5, 5.41) is 31.4. The van der Waals surface area contributed by atoms with Crippen molar-refractivity contribution in [3.05, 3.63) is 101 Å². The SMILES string of the molecule is Cc1c(C2CC2)c(-c2cccc3nn(C[C@H](O)c4ccccc4)cc23)nn1-c1ccc(C#N)cc1C1CC1. The Balaban J connectivity index is 1.33. The van der Waals surface area contributed by atoms with Crippen LogP contribution >= 0.6 is 0 Å². The van der Waals surface area contributed by atoms with Gasteiger partial charge in [-0.1, -0.05) is 42.5 Å². The minimum absolute atomic E-state index is 0.386. The molecule has 0 spiro atoms. The topological polar surface area (TPSA) is 79.7 Å². The fourth-order valence-corrected chi connectivity index (χ4v) is 5.70. The summed E-state index contributed by atoms with van der Waals surface area (Å²) in [5.41, 5.74) is 9.39. The van der Waals surface area contributed by atoms with Crippen molar-refractivity contribution in [3.8, 4) is 23.0 Å². The molecular formula is C32H29N5O. The van der Waals surface area contributed by atoms with Gasteiger partial charge < -0.3 is 5.11 Å². The van der Waals surface area contributed by atoms with Crippen LogP contribution in [0.5, 0.6) is 0 Å². The van der Waals surface area contributed by atoms with Crippen LogP contribution in [0.25, 0.3) is 27.8 Å². The average Bonchev–Trinajstić information content (AvgIpc) is 3.88. The first kappa shape index (κ1) is 22.9. The number of aliphatic hydroxyl groups excluding tert-OH is 1. The molecule has 2 aliphatic rings. The summed E-state index contributed by atoms with van der Waals surface area (Å²) in [6.45, 7) is 2.57. The van der Waals surface area contributed by atoms with Crippen LogP contribution in [-0.4, -0.2) is 24.7 Å². The largest absolute Gasteiger partial charge is 0.386 e. The van der Waals surface area contributed by atoms with Crippen molar-refractivity contribution in [2.24, 2.45) is 0 Å². The van der Waals surface area contributed by atoms with Crippen LogP contribution in [0.15, 0.2) is 72.9 Å². The van der Waals surface area contributed by atoms with Crippen LogP contribution in [0, 0.1) is 18.3 Å². The third-order valence-corrected chi connectivity index (χ3v) is 7.95. The molecule has 6 heteroatoms. The molecule has 7 rings (SSSR count). The Kier molecular flexibility index (Phi) is 5.41. The molecule has 0 saturated heterocycles. The molecule has 188 valence electrons. The highest BCUT2D eigenvalue weighted by molar-refractivity contribution is 5.94. The maximum Gasteiger partial charge on any atom is 0.0991 e. The molecule has 0 unspecified atom stereocenters. The van der Waals surface area contributed by atoms with Crippen molar-refractivity contribution in [1.29, 1.82) is 5.26 Å². The molecule has 1 N–H and O–H groups in total. The number of hydrogen-bond donors (Lipinski definition) is 1. The smallest absolute Gasteiger partial charge is 0.0991 e. The van der Waals surface area contributed by atoms with Crippen molar-refractivity contribution in [2.45, 2.75) is 57.1 Å². The zero-order valence-corrected chi connectivity index (χ0v) is 21.4. The second-order valence-corrected chi connectivity index (χ2v) is 10.7. The van der Waals surface area contributed by atoms with Gasteiger partial charge in [0.05, 0.1) is 41.2 Å². The zero-order valence-electron chi connectivity index (χ0n) is 21.4. The number of nitrogens with zero attached hydrogens (tertiary/aromatic N) is 5. The highest BCUT2D eigenvalue weighted by atomic mass is 16.3. The van der Waals surface area contributed by atoms with Gasteiger partial charge in [0.15, 0.2) is 0 Å². The highest BCUT2D eigenvalue weighted by Gasteiger charge is 2.34. The molecule has 6 nitrogen and oxygen atoms in total. The van der Waals surface area contributed by atoms with Gasteiger partial charge in [-0.3, -0.25) is 4.68 Å². The van der Waals surface area contributed by atoms with Gasteiger partial charge in [0.2, 0.25) is 0 Å². The summed E-state index contributed by atoms with van der Waals surface area (Å²) in [4.78, 5) is 0. The lowest BCUT2D eigenvalue weighted by Gasteiger charge is -2.11. The lowest BCUT2D eigenvalue weighted by atomic mass is 9.99. The van der Waals surface area contributed by atoms with Crippen molar-refractivity contribution in [2.75, 3.05) is 0 Å². The molecule has 2 aromatic heterocycles. The van der Waals surface area contributed by atoms with E-state index in [0.717, 1.165) is 46.3 Å². The average molecular weight is 500 g/mol. The van der Waals surface area contributed by atoms with E-state index in [4.69, 9.17) is 10.2 Å². The number of nitriles is 1. The van der Waals surface area contributed by atoms with E-state index < -0.39 is 6.10 Å². The van der Waals surface area contributed by atoms with Gasteiger partial charge in [-0.15, -0.1) is 0 Å². The van der Waals surface area contributed by atoms with E-state index in [-0.39, 0.29) is 0 Å². The first-order valence-electron chi connectivity index (χ1n) is 13.4. The second-order valence-electron chi connectivity index (χ2n) is 10.7. The Morgan fingerprint density at radius 2 is 1.76 bits per heavy atom. The first-order chi connectivity index (χ1) is 18.6. The Morgan fingerprint density at radius 3 is 2.50 bits per heavy atom. The molecule has 2 aliphatic carbocycles. The lowest BCUT2D eigenvalue weighted by molar-refractivity contribution is 0.152. The second kappa shape index (κ2) is 8.97. The van der Waals surface area contributed by atoms with Crippen LogP contribution in [-0.2, 0) is 6.54 Å². The molecule has 3 aromatic carbocycles. The van der Waals surface area contributed by atoms with E-state index >= 15 is 0 Å². The van der Waals surface area contributed by atoms with E-state index in [2.05, 4.69) is 29.8 Å². The summed E-state index contributed by atoms with van der Waals surface area (Å²) in [6, 6.07) is 24.2. The van der Waals surface area contributed by atoms with Crippen molar-refractivity contribution in [3.63, 3.8) is 0 Å². The number of hydrogen-bond acceptors (Lipinski definition) is 4. The molecule has 2 fully saturated rings. The molecule has 2 saturated carbocycles. The summed E-state index contributed by atoms with van der Waals surface area (Å²) < 4.78 is 3.96. The molecule has 0 bridgehead atoms. The molecular weight excluding hydrogens is 470 g/mol. The standard InChI is InChI=1S/C32H29N5O/c1-20-31(24-13-14-24)32(35-37(20)29-15-10-21(17-33)16-26(29)22-11-12-22)25-8-5-9-28-27(25)18-36(34-28)19-30(38)23-6-3-2-4-7-23/h2-10,15-16,18,22,24,30,38H,11-14,19H2,1H3/t30-/m0/s1. The highest BCUT2D eigenvalue weighted by Crippen LogP contribution is 2.48. The molecule has 0 radical (unpaired) electrons. The predicted molar refractivity (Wildman–Crippen MR) is 147 cm³/mol. The third kappa shape index (κ3) is 4.00. The monoisotopic (exact) mass is 499 g/mol. The molecule has 5 aromatic rings. The van der Waals surface area contributed by atoms with Gasteiger partial charge in [-0.05, 0) is 79.8 Å². The van der Waals surface area contributed by atoms with Crippen LogP contribution in [0.1, 0.15) is 71.6 Å². The van der Waals surface area contributed by atoms with Gasteiger partial charge in [-0.25, -0.2) is 4.68 Å². The van der Waals surface area contributed by atoms with Crippen LogP contribution < -0.4 is 0 Å². The van der Waals surface area contributed by atoms with Gasteiger partial charge in [-0.2, -0.15) is 15.5 Å². The van der Waals surface area contributed by atoms with E-state index in [9.17, 15) is 10.4 Å². The Morgan fingerprint density at radius 1 is 0.974 bits per heavy atom. The van der Waals surface area contributed by atoms with E-state index in [1.165, 1.54) is 29.7 Å². The van der Waals surface area contributed by atoms with Crippen molar-refractivity contribution < 1.29 is 5.11 Å². The number of rotatable bonds is 7. The maximum absolute atomic E-state index is 10.8. The molecule has 1 atom stereocenters. The number of benzene rings is 3. The first-order valence-corrected chi connectivity index (χ1v) is 13.4. The summed E-state index contributed by atoms with van der Waals surface area (Å²) in [7, 11) is 0. The van der Waals surface area contributed by atoms with E-state index in [1.807, 2.05) is 65.5 Å². The zero-order chi connectivity index (χ0) is 25.8. The summed E-state index contributed by atoms with van der Waals surface area (Å²) >= 11 is 0. The number of fused-ring (bicyclic) bond motifs is 1. The minimum Gasteiger partial charge on any atom is -0.386 e. The van der Waals surface area contributed by atoms with Gasteiger partial charge in [0.1, 0.15) is 0 Å². The Hall–Kier alpha value is -4.21. The molecule has 0 amide bonds. The number of aliphatic hydroxyl groups is 1. The molecule has 38 heavy (non-hydrogen) atoms. The van der Waals surface area contributed by atoms with Gasteiger partial charge >= 0.3 is 0 Å². The fourth-order valence-electron chi connectivity index (χ4n) is 5.70.